The molecule has 0 aromatic heterocycles. The van der Waals surface area contributed by atoms with Gasteiger partial charge in [-0.2, -0.15) is 0 Å². The minimum Gasteiger partial charge on any atom is -0.360 e. The summed E-state index contributed by atoms with van der Waals surface area (Å²) < 4.78 is 0. The van der Waals surface area contributed by atoms with Crippen molar-refractivity contribution in [3.63, 3.8) is 0 Å². The standard InChI is InChI=1S/C7H14N2/c1-3-7-4-9(5-7)6(2)8/h7-8H,3-5H2,1-2H3. The van der Waals surface area contributed by atoms with Gasteiger partial charge in [0.25, 0.3) is 0 Å². The zero-order valence-electron chi connectivity index (χ0n) is 6.15. The third kappa shape index (κ3) is 1.23. The monoisotopic (exact) mass is 126 g/mol. The van der Waals surface area contributed by atoms with E-state index in [-0.39, 0.29) is 0 Å². The Morgan fingerprint density at radius 1 is 1.67 bits per heavy atom. The van der Waals surface area contributed by atoms with Crippen molar-refractivity contribution in [2.75, 3.05) is 13.1 Å². The zero-order valence-corrected chi connectivity index (χ0v) is 6.15. The van der Waals surface area contributed by atoms with Crippen molar-refractivity contribution in [2.45, 2.75) is 20.3 Å². The van der Waals surface area contributed by atoms with Crippen LogP contribution in [0.1, 0.15) is 20.3 Å². The Bertz CT molecular complexity index is 114. The van der Waals surface area contributed by atoms with Crippen molar-refractivity contribution >= 4 is 5.84 Å². The van der Waals surface area contributed by atoms with Crippen LogP contribution in [-0.2, 0) is 0 Å². The lowest BCUT2D eigenvalue weighted by atomic mass is 9.97. The molecule has 0 amide bonds. The molecule has 0 radical (unpaired) electrons. The number of likely N-dealkylation sites (tertiary alicyclic amines) is 1. The molecule has 52 valence electrons. The van der Waals surface area contributed by atoms with Crippen molar-refractivity contribution in [1.29, 1.82) is 5.41 Å². The second-order valence-electron chi connectivity index (χ2n) is 2.76. The van der Waals surface area contributed by atoms with E-state index in [1.807, 2.05) is 6.92 Å². The van der Waals surface area contributed by atoms with Gasteiger partial charge >= 0.3 is 0 Å². The summed E-state index contributed by atoms with van der Waals surface area (Å²) in [5, 5.41) is 7.24. The number of rotatable bonds is 1. The predicted octanol–water partition coefficient (Wildman–Crippen LogP) is 1.33. The Hall–Kier alpha value is -0.530. The molecule has 0 aliphatic carbocycles. The molecular weight excluding hydrogens is 112 g/mol. The largest absolute Gasteiger partial charge is 0.360 e. The molecule has 0 aromatic carbocycles. The summed E-state index contributed by atoms with van der Waals surface area (Å²) in [5.41, 5.74) is 0. The van der Waals surface area contributed by atoms with Gasteiger partial charge in [0.1, 0.15) is 0 Å². The topological polar surface area (TPSA) is 27.1 Å². The van der Waals surface area contributed by atoms with Crippen molar-refractivity contribution in [2.24, 2.45) is 5.92 Å². The Morgan fingerprint density at radius 3 is 2.56 bits per heavy atom. The summed E-state index contributed by atoms with van der Waals surface area (Å²) >= 11 is 0. The van der Waals surface area contributed by atoms with E-state index in [2.05, 4.69) is 11.8 Å². The quantitative estimate of drug-likeness (QED) is 0.416. The molecule has 0 spiro atoms. The maximum Gasteiger partial charge on any atom is 0.0926 e. The molecule has 0 aromatic rings. The second kappa shape index (κ2) is 2.38. The van der Waals surface area contributed by atoms with Gasteiger partial charge in [-0.3, -0.25) is 5.41 Å². The van der Waals surface area contributed by atoms with Crippen LogP contribution in [0.25, 0.3) is 0 Å². The van der Waals surface area contributed by atoms with Gasteiger partial charge in [0, 0.05) is 13.1 Å². The van der Waals surface area contributed by atoms with E-state index in [4.69, 9.17) is 5.41 Å². The van der Waals surface area contributed by atoms with Gasteiger partial charge in [0.2, 0.25) is 0 Å². The van der Waals surface area contributed by atoms with Gasteiger partial charge < -0.3 is 4.90 Å². The molecule has 0 unspecified atom stereocenters. The number of hydrogen-bond acceptors (Lipinski definition) is 1. The first-order valence-corrected chi connectivity index (χ1v) is 3.54. The van der Waals surface area contributed by atoms with E-state index in [0.29, 0.717) is 0 Å². The normalized spacial score (nSPS) is 19.6. The highest BCUT2D eigenvalue weighted by atomic mass is 15.2. The summed E-state index contributed by atoms with van der Waals surface area (Å²) in [4.78, 5) is 2.11. The molecule has 2 nitrogen and oxygen atoms in total. The van der Waals surface area contributed by atoms with Gasteiger partial charge in [-0.05, 0) is 19.3 Å². The molecule has 0 saturated carbocycles. The number of nitrogens with one attached hydrogen (secondary N) is 1. The van der Waals surface area contributed by atoms with Crippen LogP contribution in [0, 0.1) is 11.3 Å². The molecule has 1 rings (SSSR count). The zero-order chi connectivity index (χ0) is 6.85. The van der Waals surface area contributed by atoms with Crippen LogP contribution < -0.4 is 0 Å². The van der Waals surface area contributed by atoms with E-state index < -0.39 is 0 Å². The highest BCUT2D eigenvalue weighted by Crippen LogP contribution is 2.17. The lowest BCUT2D eigenvalue weighted by Gasteiger charge is -2.39. The fourth-order valence-electron chi connectivity index (χ4n) is 1.10. The number of nitrogens with zero attached hydrogens (tertiary/aromatic N) is 1. The van der Waals surface area contributed by atoms with Crippen LogP contribution in [0.5, 0.6) is 0 Å². The van der Waals surface area contributed by atoms with Crippen LogP contribution in [0.3, 0.4) is 0 Å². The summed E-state index contributed by atoms with van der Waals surface area (Å²) in [7, 11) is 0. The van der Waals surface area contributed by atoms with Gasteiger partial charge in [-0.15, -0.1) is 0 Å². The average Bonchev–Trinajstić information content (AvgIpc) is 1.61. The van der Waals surface area contributed by atoms with Crippen molar-refractivity contribution in [3.8, 4) is 0 Å². The molecule has 0 atom stereocenters. The van der Waals surface area contributed by atoms with E-state index >= 15 is 0 Å². The van der Waals surface area contributed by atoms with Crippen LogP contribution in [-0.4, -0.2) is 23.8 Å². The lowest BCUT2D eigenvalue weighted by Crippen LogP contribution is -2.48. The minimum atomic E-state index is 0.722. The maximum absolute atomic E-state index is 7.24. The first-order valence-electron chi connectivity index (χ1n) is 3.54. The Kier molecular flexibility index (Phi) is 1.74. The summed E-state index contributed by atoms with van der Waals surface area (Å²) in [6, 6.07) is 0. The van der Waals surface area contributed by atoms with E-state index in [1.54, 1.807) is 0 Å². The van der Waals surface area contributed by atoms with Crippen molar-refractivity contribution < 1.29 is 0 Å². The Morgan fingerprint density at radius 2 is 2.22 bits per heavy atom. The molecule has 9 heavy (non-hydrogen) atoms. The van der Waals surface area contributed by atoms with Crippen molar-refractivity contribution in [1.82, 2.24) is 4.90 Å². The SMILES string of the molecule is CCC1CN(C(C)=N)C1. The molecular formula is C7H14N2. The lowest BCUT2D eigenvalue weighted by molar-refractivity contribution is 0.181. The fourth-order valence-corrected chi connectivity index (χ4v) is 1.10. The van der Waals surface area contributed by atoms with Crippen molar-refractivity contribution in [3.05, 3.63) is 0 Å². The highest BCUT2D eigenvalue weighted by Gasteiger charge is 2.24. The second-order valence-corrected chi connectivity index (χ2v) is 2.76. The van der Waals surface area contributed by atoms with Crippen LogP contribution >= 0.6 is 0 Å². The summed E-state index contributed by atoms with van der Waals surface area (Å²) in [5.74, 6) is 1.59. The van der Waals surface area contributed by atoms with Crippen LogP contribution in [0.4, 0.5) is 0 Å². The molecule has 1 aliphatic heterocycles. The number of hydrogen-bond donors (Lipinski definition) is 1. The molecule has 2 heteroatoms. The highest BCUT2D eigenvalue weighted by molar-refractivity contribution is 5.77. The van der Waals surface area contributed by atoms with Crippen LogP contribution in [0.15, 0.2) is 0 Å². The first kappa shape index (κ1) is 6.59. The Labute approximate surface area is 56.4 Å². The molecule has 1 heterocycles. The third-order valence-corrected chi connectivity index (χ3v) is 2.01. The fraction of sp³-hybridized carbons (Fsp3) is 0.857. The number of amidine groups is 1. The molecule has 0 bridgehead atoms. The van der Waals surface area contributed by atoms with E-state index in [1.165, 1.54) is 6.42 Å². The maximum atomic E-state index is 7.24. The van der Waals surface area contributed by atoms with Gasteiger partial charge in [0.05, 0.1) is 5.84 Å². The average molecular weight is 126 g/mol. The summed E-state index contributed by atoms with van der Waals surface area (Å²) in [6.07, 6.45) is 1.27. The molecule has 1 aliphatic rings. The minimum absolute atomic E-state index is 0.722. The Balaban J connectivity index is 2.19. The molecule has 1 N–H and O–H groups in total. The van der Waals surface area contributed by atoms with Crippen LogP contribution in [0.2, 0.25) is 0 Å². The van der Waals surface area contributed by atoms with Gasteiger partial charge in [0.15, 0.2) is 0 Å². The molecule has 1 fully saturated rings. The smallest absolute Gasteiger partial charge is 0.0926 e. The predicted molar refractivity (Wildman–Crippen MR) is 38.8 cm³/mol. The van der Waals surface area contributed by atoms with Gasteiger partial charge in [-0.25, -0.2) is 0 Å². The van der Waals surface area contributed by atoms with E-state index in [0.717, 1.165) is 24.8 Å². The molecule has 1 saturated heterocycles. The van der Waals surface area contributed by atoms with Gasteiger partial charge in [-0.1, -0.05) is 6.92 Å². The first-order chi connectivity index (χ1) is 4.24. The summed E-state index contributed by atoms with van der Waals surface area (Å²) in [6.45, 7) is 6.30. The van der Waals surface area contributed by atoms with E-state index in [9.17, 15) is 0 Å². The third-order valence-electron chi connectivity index (χ3n) is 2.01.